The monoisotopic (exact) mass is 426 g/mol. The molecule has 0 unspecified atom stereocenters. The van der Waals surface area contributed by atoms with Crippen molar-refractivity contribution in [3.63, 3.8) is 0 Å². The topological polar surface area (TPSA) is 59.8 Å². The van der Waals surface area contributed by atoms with Gasteiger partial charge in [-0.2, -0.15) is 5.10 Å². The summed E-state index contributed by atoms with van der Waals surface area (Å²) in [5.41, 5.74) is 4.37. The fourth-order valence-corrected chi connectivity index (χ4v) is 5.01. The molecule has 5 nitrogen and oxygen atoms in total. The summed E-state index contributed by atoms with van der Waals surface area (Å²) in [7, 11) is 0. The maximum atomic E-state index is 13.4. The molecule has 1 atom stereocenters. The van der Waals surface area contributed by atoms with Gasteiger partial charge in [-0.3, -0.25) is 14.5 Å². The Morgan fingerprint density at radius 3 is 2.74 bits per heavy atom. The third kappa shape index (κ3) is 4.25. The number of thioether (sulfide) groups is 1. The molecular weight excluding hydrogens is 404 g/mol. The Hall–Kier alpha value is -3.38. The van der Waals surface area contributed by atoms with Gasteiger partial charge in [-0.25, -0.2) is 0 Å². The molecule has 6 heteroatoms. The van der Waals surface area contributed by atoms with E-state index < -0.39 is 0 Å². The van der Waals surface area contributed by atoms with Crippen molar-refractivity contribution in [3.05, 3.63) is 102 Å². The minimum Gasteiger partial charge on any atom is -0.345 e. The van der Waals surface area contributed by atoms with Crippen LogP contribution >= 0.6 is 11.8 Å². The first kappa shape index (κ1) is 19.6. The van der Waals surface area contributed by atoms with E-state index in [1.54, 1.807) is 12.4 Å². The molecule has 0 saturated heterocycles. The summed E-state index contributed by atoms with van der Waals surface area (Å²) in [5.74, 6) is 0.884. The van der Waals surface area contributed by atoms with Gasteiger partial charge in [0.2, 0.25) is 0 Å². The minimum absolute atomic E-state index is 0.00386. The number of nitrogens with zero attached hydrogens (tertiary/aromatic N) is 3. The third-order valence-corrected chi connectivity index (χ3v) is 6.52. The van der Waals surface area contributed by atoms with Crippen LogP contribution in [0, 0.1) is 0 Å². The maximum Gasteiger partial charge on any atom is 0.255 e. The van der Waals surface area contributed by atoms with Crippen molar-refractivity contribution >= 4 is 17.7 Å². The fraction of sp³-hybridized carbons (Fsp3) is 0.160. The van der Waals surface area contributed by atoms with E-state index in [1.807, 2.05) is 65.1 Å². The van der Waals surface area contributed by atoms with Crippen molar-refractivity contribution in [1.82, 2.24) is 20.1 Å². The Bertz CT molecular complexity index is 1190. The summed E-state index contributed by atoms with van der Waals surface area (Å²) in [4.78, 5) is 18.8. The standard InChI is InChI=1S/C25H22N4OS/c30-25(27-22-12-14-31-23-11-5-4-10-20(22)23)21-17-29(16-18-7-2-1-3-8-18)28-24(21)19-9-6-13-26-15-19/h1-11,13,15,17,22H,12,14,16H2,(H,27,30)/t22-/m1/s1. The highest BCUT2D eigenvalue weighted by molar-refractivity contribution is 7.99. The number of amides is 1. The Morgan fingerprint density at radius 2 is 1.90 bits per heavy atom. The van der Waals surface area contributed by atoms with Gasteiger partial charge in [0, 0.05) is 34.8 Å². The van der Waals surface area contributed by atoms with Crippen molar-refractivity contribution in [1.29, 1.82) is 0 Å². The fourth-order valence-electron chi connectivity index (χ4n) is 3.88. The predicted molar refractivity (Wildman–Crippen MR) is 123 cm³/mol. The SMILES string of the molecule is O=C(N[C@@H]1CCSc2ccccc21)c1cn(Cc2ccccc2)nc1-c1cccnc1. The largest absolute Gasteiger partial charge is 0.345 e. The van der Waals surface area contributed by atoms with Gasteiger partial charge in [0.25, 0.3) is 5.91 Å². The van der Waals surface area contributed by atoms with Gasteiger partial charge >= 0.3 is 0 Å². The van der Waals surface area contributed by atoms with E-state index in [4.69, 9.17) is 5.10 Å². The van der Waals surface area contributed by atoms with E-state index >= 15 is 0 Å². The number of nitrogens with one attached hydrogen (secondary N) is 1. The lowest BCUT2D eigenvalue weighted by molar-refractivity contribution is 0.0935. The second-order valence-electron chi connectivity index (χ2n) is 7.52. The molecule has 5 rings (SSSR count). The third-order valence-electron chi connectivity index (χ3n) is 5.39. The van der Waals surface area contributed by atoms with E-state index in [0.29, 0.717) is 17.8 Å². The summed E-state index contributed by atoms with van der Waals surface area (Å²) in [5, 5.41) is 8.00. The lowest BCUT2D eigenvalue weighted by Gasteiger charge is -2.25. The zero-order valence-corrected chi connectivity index (χ0v) is 17.8. The quantitative estimate of drug-likeness (QED) is 0.490. The molecule has 0 saturated carbocycles. The highest BCUT2D eigenvalue weighted by atomic mass is 32.2. The summed E-state index contributed by atoms with van der Waals surface area (Å²) < 4.78 is 1.83. The Balaban J connectivity index is 1.47. The number of hydrogen-bond donors (Lipinski definition) is 1. The summed E-state index contributed by atoms with van der Waals surface area (Å²) in [6, 6.07) is 22.2. The minimum atomic E-state index is -0.107. The van der Waals surface area contributed by atoms with Crippen LogP contribution in [-0.4, -0.2) is 26.4 Å². The lowest BCUT2D eigenvalue weighted by atomic mass is 10.0. The van der Waals surface area contributed by atoms with Crippen molar-refractivity contribution in [3.8, 4) is 11.3 Å². The van der Waals surface area contributed by atoms with Crippen LogP contribution in [0.1, 0.15) is 33.9 Å². The number of rotatable bonds is 5. The Labute approximate surface area is 185 Å². The molecule has 1 N–H and O–H groups in total. The van der Waals surface area contributed by atoms with Crippen LogP contribution in [0.2, 0.25) is 0 Å². The van der Waals surface area contributed by atoms with Crippen LogP contribution in [-0.2, 0) is 6.54 Å². The van der Waals surface area contributed by atoms with Gasteiger partial charge in [-0.1, -0.05) is 48.5 Å². The summed E-state index contributed by atoms with van der Waals surface area (Å²) >= 11 is 1.84. The van der Waals surface area contributed by atoms with Crippen molar-refractivity contribution in [2.75, 3.05) is 5.75 Å². The molecule has 1 aliphatic heterocycles. The molecular formula is C25H22N4OS. The highest BCUT2D eigenvalue weighted by Gasteiger charge is 2.25. The molecule has 31 heavy (non-hydrogen) atoms. The Kier molecular flexibility index (Phi) is 5.54. The molecule has 3 heterocycles. The Morgan fingerprint density at radius 1 is 1.06 bits per heavy atom. The van der Waals surface area contributed by atoms with Crippen molar-refractivity contribution in [2.45, 2.75) is 23.9 Å². The molecule has 4 aromatic rings. The summed E-state index contributed by atoms with van der Waals surface area (Å²) in [6.45, 7) is 0.601. The highest BCUT2D eigenvalue weighted by Crippen LogP contribution is 2.36. The van der Waals surface area contributed by atoms with Crippen LogP contribution in [0.3, 0.4) is 0 Å². The van der Waals surface area contributed by atoms with Crippen LogP contribution in [0.5, 0.6) is 0 Å². The van der Waals surface area contributed by atoms with Crippen LogP contribution < -0.4 is 5.32 Å². The van der Waals surface area contributed by atoms with E-state index in [1.165, 1.54) is 10.5 Å². The number of carbonyl (C=O) groups is 1. The second-order valence-corrected chi connectivity index (χ2v) is 8.65. The van der Waals surface area contributed by atoms with Gasteiger partial charge in [-0.05, 0) is 35.7 Å². The molecule has 1 aliphatic rings. The molecule has 0 radical (unpaired) electrons. The molecule has 2 aromatic carbocycles. The van der Waals surface area contributed by atoms with Gasteiger partial charge in [0.1, 0.15) is 5.69 Å². The maximum absolute atomic E-state index is 13.4. The van der Waals surface area contributed by atoms with E-state index in [9.17, 15) is 4.79 Å². The zero-order valence-electron chi connectivity index (χ0n) is 16.9. The molecule has 0 bridgehead atoms. The van der Waals surface area contributed by atoms with Crippen molar-refractivity contribution < 1.29 is 4.79 Å². The van der Waals surface area contributed by atoms with Gasteiger partial charge in [0.05, 0.1) is 18.2 Å². The van der Waals surface area contributed by atoms with Crippen LogP contribution in [0.4, 0.5) is 0 Å². The van der Waals surface area contributed by atoms with Gasteiger partial charge in [0.15, 0.2) is 0 Å². The lowest BCUT2D eigenvalue weighted by Crippen LogP contribution is -2.30. The average molecular weight is 427 g/mol. The first-order valence-corrected chi connectivity index (χ1v) is 11.3. The molecule has 2 aromatic heterocycles. The first-order chi connectivity index (χ1) is 15.3. The number of fused-ring (bicyclic) bond motifs is 1. The summed E-state index contributed by atoms with van der Waals surface area (Å²) in [6.07, 6.45) is 6.22. The first-order valence-electron chi connectivity index (χ1n) is 10.3. The number of hydrogen-bond acceptors (Lipinski definition) is 4. The van der Waals surface area contributed by atoms with E-state index in [0.717, 1.165) is 23.3 Å². The smallest absolute Gasteiger partial charge is 0.255 e. The average Bonchev–Trinajstić information content (AvgIpc) is 3.24. The number of benzene rings is 2. The van der Waals surface area contributed by atoms with Crippen LogP contribution in [0.15, 0.2) is 90.2 Å². The molecule has 0 spiro atoms. The van der Waals surface area contributed by atoms with Crippen molar-refractivity contribution in [2.24, 2.45) is 0 Å². The number of pyridine rings is 1. The van der Waals surface area contributed by atoms with E-state index in [-0.39, 0.29) is 11.9 Å². The normalized spacial score (nSPS) is 15.3. The van der Waals surface area contributed by atoms with E-state index in [2.05, 4.69) is 34.6 Å². The van der Waals surface area contributed by atoms with Crippen LogP contribution in [0.25, 0.3) is 11.3 Å². The molecule has 0 fully saturated rings. The molecule has 0 aliphatic carbocycles. The second kappa shape index (κ2) is 8.78. The number of aromatic nitrogens is 3. The molecule has 154 valence electrons. The zero-order chi connectivity index (χ0) is 21.0. The number of carbonyl (C=O) groups excluding carboxylic acids is 1. The van der Waals surface area contributed by atoms with Gasteiger partial charge < -0.3 is 5.32 Å². The molecule has 1 amide bonds. The van der Waals surface area contributed by atoms with Gasteiger partial charge in [-0.15, -0.1) is 11.8 Å². The predicted octanol–water partition coefficient (Wildman–Crippen LogP) is 4.96.